The van der Waals surface area contributed by atoms with Crippen molar-refractivity contribution in [2.75, 3.05) is 0 Å². The van der Waals surface area contributed by atoms with Gasteiger partial charge in [-0.3, -0.25) is 9.59 Å². The maximum Gasteiger partial charge on any atom is 0.310 e. The Balaban J connectivity index is 2.09. The van der Waals surface area contributed by atoms with Crippen LogP contribution in [0.4, 0.5) is 0 Å². The molecular weight excluding hydrogens is 572 g/mol. The van der Waals surface area contributed by atoms with Crippen LogP contribution in [0.3, 0.4) is 0 Å². The summed E-state index contributed by atoms with van der Waals surface area (Å²) in [5, 5.41) is 0. The Morgan fingerprint density at radius 1 is 1.46 bits per heavy atom. The third-order valence-corrected chi connectivity index (χ3v) is 9.65. The summed E-state index contributed by atoms with van der Waals surface area (Å²) in [5.74, 6) is -0.281. The van der Waals surface area contributed by atoms with Crippen LogP contribution < -0.4 is 0 Å². The number of halogens is 4. The zero-order valence-corrected chi connectivity index (χ0v) is 20.1. The molecule has 24 heavy (non-hydrogen) atoms. The molecule has 0 aliphatic heterocycles. The Bertz CT molecular complexity index is 603. The highest BCUT2D eigenvalue weighted by Crippen LogP contribution is 2.66. The van der Waals surface area contributed by atoms with Crippen molar-refractivity contribution in [1.82, 2.24) is 0 Å². The molecular formula is C17H20Br4O3. The van der Waals surface area contributed by atoms with Crippen LogP contribution in [0.1, 0.15) is 33.6 Å². The van der Waals surface area contributed by atoms with Crippen LogP contribution >= 0.6 is 63.7 Å². The van der Waals surface area contributed by atoms with E-state index in [1.54, 1.807) is 6.08 Å². The number of Topliss-reactive ketones (excluding diaryl/α,β-unsaturated/α-hetero) is 1. The van der Waals surface area contributed by atoms with Gasteiger partial charge in [-0.05, 0) is 30.3 Å². The van der Waals surface area contributed by atoms with Gasteiger partial charge in [-0.15, -0.1) is 6.58 Å². The van der Waals surface area contributed by atoms with E-state index in [1.807, 2.05) is 6.92 Å². The molecule has 1 unspecified atom stereocenters. The lowest BCUT2D eigenvalue weighted by atomic mass is 10.1. The number of allylic oxidation sites excluding steroid dienone is 2. The lowest BCUT2D eigenvalue weighted by Crippen LogP contribution is -2.24. The van der Waals surface area contributed by atoms with Crippen LogP contribution in [0.2, 0.25) is 0 Å². The minimum Gasteiger partial charge on any atom is -0.457 e. The second-order valence-electron chi connectivity index (χ2n) is 6.98. The van der Waals surface area contributed by atoms with Gasteiger partial charge in [-0.2, -0.15) is 0 Å². The summed E-state index contributed by atoms with van der Waals surface area (Å²) in [5.41, 5.74) is 1.42. The number of ketones is 1. The molecule has 2 aliphatic carbocycles. The first kappa shape index (κ1) is 20.8. The summed E-state index contributed by atoms with van der Waals surface area (Å²) in [6.45, 7) is 9.66. The average Bonchev–Trinajstić information content (AvgIpc) is 2.93. The molecule has 0 bridgehead atoms. The van der Waals surface area contributed by atoms with E-state index in [9.17, 15) is 9.59 Å². The van der Waals surface area contributed by atoms with Gasteiger partial charge in [0.25, 0.3) is 0 Å². The minimum absolute atomic E-state index is 0.00396. The normalized spacial score (nSPS) is 30.3. The summed E-state index contributed by atoms with van der Waals surface area (Å²) in [4.78, 5) is 24.7. The second-order valence-corrected chi connectivity index (χ2v) is 14.9. The zero-order valence-electron chi connectivity index (χ0n) is 13.7. The number of ether oxygens (including phenoxy) is 1. The standard InChI is InChI=1S/C17H20Br4O3/c1-5-6-9-8(2)11(7-10(9)22)24-15(23)13-12(16(13,3)4)14(18)17(19,20)21/h5,11-14H,1,6-7H2,2-4H3/t11-,12+,13-,14?/m0/s1. The molecule has 0 amide bonds. The number of alkyl halides is 4. The number of carbonyl (C=O) groups excluding carboxylic acids is 2. The number of esters is 1. The van der Waals surface area contributed by atoms with Crippen molar-refractivity contribution in [3.63, 3.8) is 0 Å². The SMILES string of the molecule is C=CCC1=C(C)[C@@H](OC(=O)[C@@H]2[C@H](C(Br)C(Br)(Br)Br)C2(C)C)CC1=O. The van der Waals surface area contributed by atoms with Gasteiger partial charge in [0.1, 0.15) is 8.25 Å². The topological polar surface area (TPSA) is 43.4 Å². The van der Waals surface area contributed by atoms with E-state index in [4.69, 9.17) is 4.74 Å². The quantitative estimate of drug-likeness (QED) is 0.236. The number of rotatable bonds is 5. The molecule has 0 radical (unpaired) electrons. The number of carbonyl (C=O) groups is 2. The van der Waals surface area contributed by atoms with Crippen molar-refractivity contribution in [1.29, 1.82) is 0 Å². The van der Waals surface area contributed by atoms with E-state index in [2.05, 4.69) is 84.1 Å². The van der Waals surface area contributed by atoms with Crippen molar-refractivity contribution in [3.05, 3.63) is 23.8 Å². The molecule has 2 aliphatic rings. The summed E-state index contributed by atoms with van der Waals surface area (Å²) >= 11 is 14.2. The van der Waals surface area contributed by atoms with E-state index in [0.717, 1.165) is 11.1 Å². The number of hydrogen-bond donors (Lipinski definition) is 0. The molecule has 0 spiro atoms. The Hall–Kier alpha value is 0.540. The second kappa shape index (κ2) is 7.28. The zero-order chi connectivity index (χ0) is 18.4. The molecule has 0 N–H and O–H groups in total. The fraction of sp³-hybridized carbons (Fsp3) is 0.647. The molecule has 0 aromatic rings. The average molecular weight is 592 g/mol. The monoisotopic (exact) mass is 588 g/mol. The van der Waals surface area contributed by atoms with E-state index >= 15 is 0 Å². The molecule has 3 nitrogen and oxygen atoms in total. The van der Waals surface area contributed by atoms with Crippen molar-refractivity contribution in [2.24, 2.45) is 17.3 Å². The van der Waals surface area contributed by atoms with Crippen molar-refractivity contribution >= 4 is 75.5 Å². The first-order valence-electron chi connectivity index (χ1n) is 7.68. The molecule has 0 saturated heterocycles. The maximum absolute atomic E-state index is 12.7. The highest BCUT2D eigenvalue weighted by Gasteiger charge is 2.67. The Morgan fingerprint density at radius 3 is 2.54 bits per heavy atom. The van der Waals surface area contributed by atoms with Crippen molar-refractivity contribution < 1.29 is 14.3 Å². The van der Waals surface area contributed by atoms with Gasteiger partial charge in [0.15, 0.2) is 5.78 Å². The first-order chi connectivity index (χ1) is 10.9. The minimum atomic E-state index is -0.486. The maximum atomic E-state index is 12.7. The highest BCUT2D eigenvalue weighted by molar-refractivity contribution is 9.40. The fourth-order valence-corrected chi connectivity index (χ4v) is 5.34. The predicted molar refractivity (Wildman–Crippen MR) is 110 cm³/mol. The highest BCUT2D eigenvalue weighted by atomic mass is 80.0. The van der Waals surface area contributed by atoms with Gasteiger partial charge in [0, 0.05) is 5.57 Å². The van der Waals surface area contributed by atoms with Crippen LogP contribution in [0.15, 0.2) is 23.8 Å². The molecule has 2 rings (SSSR count). The largest absolute Gasteiger partial charge is 0.457 e. The Labute approximate surface area is 176 Å². The molecule has 7 heteroatoms. The van der Waals surface area contributed by atoms with E-state index in [-0.39, 0.29) is 40.3 Å². The van der Waals surface area contributed by atoms with Crippen LogP contribution in [0, 0.1) is 17.3 Å². The molecule has 4 atom stereocenters. The van der Waals surface area contributed by atoms with Crippen molar-refractivity contribution in [2.45, 2.75) is 46.7 Å². The molecule has 1 fully saturated rings. The summed E-state index contributed by atoms with van der Waals surface area (Å²) in [7, 11) is 0. The van der Waals surface area contributed by atoms with Gasteiger partial charge >= 0.3 is 5.97 Å². The molecule has 134 valence electrons. The Kier molecular flexibility index (Phi) is 6.32. The third kappa shape index (κ3) is 3.94. The Morgan fingerprint density at radius 2 is 2.04 bits per heavy atom. The van der Waals surface area contributed by atoms with E-state index in [0.29, 0.717) is 6.42 Å². The molecule has 0 aromatic carbocycles. The van der Waals surface area contributed by atoms with Crippen LogP contribution in [-0.2, 0) is 14.3 Å². The lowest BCUT2D eigenvalue weighted by Gasteiger charge is -2.21. The van der Waals surface area contributed by atoms with Crippen LogP contribution in [0.5, 0.6) is 0 Å². The molecule has 0 aromatic heterocycles. The van der Waals surface area contributed by atoms with Gasteiger partial charge in [-0.1, -0.05) is 83.6 Å². The lowest BCUT2D eigenvalue weighted by molar-refractivity contribution is -0.150. The van der Waals surface area contributed by atoms with Crippen molar-refractivity contribution in [3.8, 4) is 0 Å². The van der Waals surface area contributed by atoms with Crippen LogP contribution in [0.25, 0.3) is 0 Å². The van der Waals surface area contributed by atoms with E-state index in [1.165, 1.54) is 0 Å². The third-order valence-electron chi connectivity index (χ3n) is 5.07. The summed E-state index contributed by atoms with van der Waals surface area (Å²) in [6, 6.07) is 0. The van der Waals surface area contributed by atoms with E-state index < -0.39 is 8.25 Å². The fourth-order valence-electron chi connectivity index (χ4n) is 3.50. The first-order valence-corrected chi connectivity index (χ1v) is 11.0. The van der Waals surface area contributed by atoms with Gasteiger partial charge in [0.05, 0.1) is 17.2 Å². The van der Waals surface area contributed by atoms with Crippen LogP contribution in [-0.4, -0.2) is 24.8 Å². The smallest absolute Gasteiger partial charge is 0.310 e. The summed E-state index contributed by atoms with van der Waals surface area (Å²) in [6.07, 6.45) is 2.04. The molecule has 1 saturated carbocycles. The number of hydrogen-bond acceptors (Lipinski definition) is 3. The van der Waals surface area contributed by atoms with Gasteiger partial charge in [-0.25, -0.2) is 0 Å². The van der Waals surface area contributed by atoms with Gasteiger partial charge in [0.2, 0.25) is 0 Å². The molecule has 0 heterocycles. The van der Waals surface area contributed by atoms with Gasteiger partial charge < -0.3 is 4.74 Å². The predicted octanol–water partition coefficient (Wildman–Crippen LogP) is 5.64. The summed E-state index contributed by atoms with van der Waals surface area (Å²) < 4.78 is 5.22.